The number of nitrogens with zero attached hydrogens (tertiary/aromatic N) is 1. The number of thiocarbonyl (C=S) groups is 1. The van der Waals surface area contributed by atoms with Gasteiger partial charge in [-0.2, -0.15) is 0 Å². The molecule has 0 atom stereocenters. The summed E-state index contributed by atoms with van der Waals surface area (Å²) in [5.74, 6) is 0.297. The van der Waals surface area contributed by atoms with E-state index in [0.29, 0.717) is 28.7 Å². The number of carbonyl (C=O) groups is 1. The van der Waals surface area contributed by atoms with Crippen molar-refractivity contribution in [2.75, 3.05) is 13.1 Å². The van der Waals surface area contributed by atoms with E-state index in [-0.39, 0.29) is 11.8 Å². The average Bonchev–Trinajstić information content (AvgIpc) is 2.41. The molecule has 1 aliphatic heterocycles. The van der Waals surface area contributed by atoms with Crippen molar-refractivity contribution in [3.8, 4) is 0 Å². The number of halogens is 2. The topological polar surface area (TPSA) is 46.3 Å². The van der Waals surface area contributed by atoms with Crippen LogP contribution in [0.5, 0.6) is 0 Å². The Labute approximate surface area is 136 Å². The van der Waals surface area contributed by atoms with Crippen LogP contribution >= 0.6 is 46.4 Å². The largest absolute Gasteiger partial charge is 0.393 e. The predicted molar refractivity (Wildman–Crippen MR) is 89.6 cm³/mol. The lowest BCUT2D eigenvalue weighted by atomic mass is 9.96. The average molecular weight is 409 g/mol. The Bertz CT molecular complexity index is 515. The van der Waals surface area contributed by atoms with Gasteiger partial charge >= 0.3 is 0 Å². The second-order valence-corrected chi connectivity index (χ2v) is 6.66. The van der Waals surface area contributed by atoms with Crippen molar-refractivity contribution in [2.24, 2.45) is 11.7 Å². The van der Waals surface area contributed by atoms with Gasteiger partial charge in [-0.15, -0.1) is 0 Å². The number of hydrogen-bond acceptors (Lipinski definition) is 2. The van der Waals surface area contributed by atoms with E-state index >= 15 is 0 Å². The van der Waals surface area contributed by atoms with Crippen LogP contribution in [0.4, 0.5) is 0 Å². The number of likely N-dealkylation sites (tertiary alicyclic amines) is 1. The number of rotatable bonds is 2. The van der Waals surface area contributed by atoms with E-state index in [4.69, 9.17) is 29.6 Å². The molecule has 1 heterocycles. The van der Waals surface area contributed by atoms with Gasteiger partial charge in [0.15, 0.2) is 0 Å². The van der Waals surface area contributed by atoms with E-state index in [1.54, 1.807) is 12.1 Å². The van der Waals surface area contributed by atoms with E-state index in [1.165, 1.54) is 0 Å². The number of amides is 1. The highest BCUT2D eigenvalue weighted by Gasteiger charge is 2.25. The molecular weight excluding hydrogens is 395 g/mol. The maximum absolute atomic E-state index is 12.4. The minimum Gasteiger partial charge on any atom is -0.393 e. The summed E-state index contributed by atoms with van der Waals surface area (Å²) in [6.07, 6.45) is 1.69. The standard InChI is InChI=1S/C13H14ClIN2OS/c14-9-1-2-11(15)10(7-9)13(18)17-5-3-8(4-6-17)12(16)19/h1-2,7-8H,3-6H2,(H2,16,19). The Morgan fingerprint density at radius 1 is 1.42 bits per heavy atom. The fourth-order valence-corrected chi connectivity index (χ4v) is 3.17. The molecule has 6 heteroatoms. The van der Waals surface area contributed by atoms with Gasteiger partial charge in [-0.1, -0.05) is 23.8 Å². The summed E-state index contributed by atoms with van der Waals surface area (Å²) in [6.45, 7) is 1.40. The van der Waals surface area contributed by atoms with Crippen molar-refractivity contribution in [1.29, 1.82) is 0 Å². The summed E-state index contributed by atoms with van der Waals surface area (Å²) >= 11 is 13.1. The molecule has 0 bridgehead atoms. The van der Waals surface area contributed by atoms with Gasteiger partial charge in [-0.3, -0.25) is 4.79 Å². The fourth-order valence-electron chi connectivity index (χ4n) is 2.20. The molecule has 1 aliphatic rings. The lowest BCUT2D eigenvalue weighted by molar-refractivity contribution is 0.0709. The van der Waals surface area contributed by atoms with Crippen molar-refractivity contribution in [3.05, 3.63) is 32.4 Å². The van der Waals surface area contributed by atoms with E-state index in [9.17, 15) is 4.79 Å². The minimum atomic E-state index is 0.0355. The Hall–Kier alpha value is -0.400. The van der Waals surface area contributed by atoms with Gasteiger partial charge in [0.2, 0.25) is 0 Å². The lowest BCUT2D eigenvalue weighted by Crippen LogP contribution is -2.41. The molecule has 0 spiro atoms. The third-order valence-corrected chi connectivity index (χ3v) is 4.85. The molecule has 1 amide bonds. The van der Waals surface area contributed by atoms with Gasteiger partial charge < -0.3 is 10.6 Å². The summed E-state index contributed by atoms with van der Waals surface area (Å²) in [5.41, 5.74) is 6.32. The zero-order valence-electron chi connectivity index (χ0n) is 10.2. The van der Waals surface area contributed by atoms with Gasteiger partial charge in [0, 0.05) is 27.6 Å². The monoisotopic (exact) mass is 408 g/mol. The molecule has 2 rings (SSSR count). The molecule has 0 aliphatic carbocycles. The number of hydrogen-bond donors (Lipinski definition) is 1. The van der Waals surface area contributed by atoms with Gasteiger partial charge in [0.1, 0.15) is 0 Å². The Kier molecular flexibility index (Phi) is 5.03. The van der Waals surface area contributed by atoms with Crippen molar-refractivity contribution in [1.82, 2.24) is 4.90 Å². The molecule has 2 N–H and O–H groups in total. The maximum Gasteiger partial charge on any atom is 0.254 e. The van der Waals surface area contributed by atoms with Crippen LogP contribution in [0.3, 0.4) is 0 Å². The minimum absolute atomic E-state index is 0.0355. The van der Waals surface area contributed by atoms with Gasteiger partial charge in [0.05, 0.1) is 10.6 Å². The van der Waals surface area contributed by atoms with Crippen LogP contribution in [-0.2, 0) is 0 Å². The van der Waals surface area contributed by atoms with E-state index in [1.807, 2.05) is 11.0 Å². The summed E-state index contributed by atoms with van der Waals surface area (Å²) in [6, 6.07) is 5.38. The van der Waals surface area contributed by atoms with Gasteiger partial charge in [0.25, 0.3) is 5.91 Å². The first-order chi connectivity index (χ1) is 8.99. The third-order valence-electron chi connectivity index (χ3n) is 3.34. The zero-order valence-corrected chi connectivity index (χ0v) is 14.0. The molecule has 1 aromatic carbocycles. The first-order valence-corrected chi connectivity index (χ1v) is 7.89. The second kappa shape index (κ2) is 6.37. The number of piperidine rings is 1. The lowest BCUT2D eigenvalue weighted by Gasteiger charge is -2.31. The van der Waals surface area contributed by atoms with E-state index in [2.05, 4.69) is 22.6 Å². The summed E-state index contributed by atoms with van der Waals surface area (Å²) in [4.78, 5) is 14.9. The smallest absolute Gasteiger partial charge is 0.254 e. The highest BCUT2D eigenvalue weighted by Crippen LogP contribution is 2.23. The molecule has 0 unspecified atom stereocenters. The normalized spacial score (nSPS) is 16.4. The predicted octanol–water partition coefficient (Wildman–Crippen LogP) is 3.08. The van der Waals surface area contributed by atoms with Crippen LogP contribution in [0.1, 0.15) is 23.2 Å². The molecule has 0 radical (unpaired) electrons. The van der Waals surface area contributed by atoms with Gasteiger partial charge in [-0.25, -0.2) is 0 Å². The molecule has 1 saturated heterocycles. The number of benzene rings is 1. The molecule has 0 aromatic heterocycles. The molecule has 102 valence electrons. The Morgan fingerprint density at radius 3 is 2.63 bits per heavy atom. The summed E-state index contributed by atoms with van der Waals surface area (Å²) in [7, 11) is 0. The Morgan fingerprint density at radius 2 is 2.05 bits per heavy atom. The van der Waals surface area contributed by atoms with Crippen molar-refractivity contribution in [3.63, 3.8) is 0 Å². The Balaban J connectivity index is 2.09. The maximum atomic E-state index is 12.4. The third kappa shape index (κ3) is 3.58. The van der Waals surface area contributed by atoms with Crippen LogP contribution in [0.25, 0.3) is 0 Å². The van der Waals surface area contributed by atoms with E-state index < -0.39 is 0 Å². The van der Waals surface area contributed by atoms with Gasteiger partial charge in [-0.05, 0) is 53.6 Å². The summed E-state index contributed by atoms with van der Waals surface area (Å²) < 4.78 is 0.920. The number of nitrogens with two attached hydrogens (primary N) is 1. The second-order valence-electron chi connectivity index (χ2n) is 4.59. The molecule has 3 nitrogen and oxygen atoms in total. The fraction of sp³-hybridized carbons (Fsp3) is 0.385. The summed E-state index contributed by atoms with van der Waals surface area (Å²) in [5, 5.41) is 0.585. The highest BCUT2D eigenvalue weighted by atomic mass is 127. The van der Waals surface area contributed by atoms with Crippen LogP contribution < -0.4 is 5.73 Å². The molecular formula is C13H14ClIN2OS. The molecule has 19 heavy (non-hydrogen) atoms. The first kappa shape index (κ1) is 15.0. The first-order valence-electron chi connectivity index (χ1n) is 6.02. The quantitative estimate of drug-likeness (QED) is 0.604. The molecule has 0 saturated carbocycles. The van der Waals surface area contributed by atoms with Crippen molar-refractivity contribution in [2.45, 2.75) is 12.8 Å². The molecule has 1 fully saturated rings. The SMILES string of the molecule is NC(=S)C1CCN(C(=O)c2cc(Cl)ccc2I)CC1. The number of carbonyl (C=O) groups excluding carboxylic acids is 1. The van der Waals surface area contributed by atoms with Crippen LogP contribution in [0.15, 0.2) is 18.2 Å². The van der Waals surface area contributed by atoms with Crippen molar-refractivity contribution >= 4 is 57.3 Å². The van der Waals surface area contributed by atoms with Crippen LogP contribution in [0.2, 0.25) is 5.02 Å². The molecule has 1 aromatic rings. The zero-order chi connectivity index (χ0) is 14.0. The van der Waals surface area contributed by atoms with Crippen LogP contribution in [0, 0.1) is 9.49 Å². The van der Waals surface area contributed by atoms with Crippen molar-refractivity contribution < 1.29 is 4.79 Å². The highest BCUT2D eigenvalue weighted by molar-refractivity contribution is 14.1. The van der Waals surface area contributed by atoms with E-state index in [0.717, 1.165) is 16.4 Å². The van der Waals surface area contributed by atoms with Crippen LogP contribution in [-0.4, -0.2) is 28.9 Å².